The Hall–Kier alpha value is -0.320. The lowest BCUT2D eigenvalue weighted by Gasteiger charge is -2.12. The summed E-state index contributed by atoms with van der Waals surface area (Å²) in [4.78, 5) is 11.6. The van der Waals surface area contributed by atoms with Crippen LogP contribution in [-0.4, -0.2) is 4.57 Å². The summed E-state index contributed by atoms with van der Waals surface area (Å²) < 4.78 is 3.02. The predicted molar refractivity (Wildman–Crippen MR) is 67.6 cm³/mol. The van der Waals surface area contributed by atoms with Crippen LogP contribution in [0.4, 0.5) is 0 Å². The first kappa shape index (κ1) is 11.8. The summed E-state index contributed by atoms with van der Waals surface area (Å²) in [7, 11) is 0. The molecule has 0 saturated heterocycles. The molecule has 0 aliphatic carbocycles. The smallest absolute Gasteiger partial charge is 0.250 e. The van der Waals surface area contributed by atoms with Crippen LogP contribution in [0.15, 0.2) is 16.9 Å². The molecule has 1 aromatic rings. The molecule has 0 N–H and O–H groups in total. The summed E-state index contributed by atoms with van der Waals surface area (Å²) in [5, 5.41) is 0. The van der Waals surface area contributed by atoms with Gasteiger partial charge in [-0.05, 0) is 47.9 Å². The van der Waals surface area contributed by atoms with Crippen LogP contribution < -0.4 is 5.56 Å². The highest BCUT2D eigenvalue weighted by atomic mass is 127. The first-order chi connectivity index (χ1) is 6.52. The van der Waals surface area contributed by atoms with E-state index in [1.54, 1.807) is 6.07 Å². The van der Waals surface area contributed by atoms with E-state index in [2.05, 4.69) is 36.4 Å². The average molecular weight is 305 g/mol. The van der Waals surface area contributed by atoms with Crippen molar-refractivity contribution >= 4 is 22.6 Å². The second-order valence-electron chi connectivity index (χ2n) is 3.94. The van der Waals surface area contributed by atoms with Crippen LogP contribution in [0.1, 0.15) is 26.0 Å². The molecule has 0 aliphatic heterocycles. The number of hydrogen-bond acceptors (Lipinski definition) is 1. The molecule has 14 heavy (non-hydrogen) atoms. The van der Waals surface area contributed by atoms with Gasteiger partial charge in [-0.25, -0.2) is 0 Å². The van der Waals surface area contributed by atoms with Gasteiger partial charge in [0.05, 0.1) is 0 Å². The zero-order valence-electron chi connectivity index (χ0n) is 8.88. The van der Waals surface area contributed by atoms with Crippen molar-refractivity contribution in [1.29, 1.82) is 0 Å². The highest BCUT2D eigenvalue weighted by Gasteiger charge is 2.04. The summed E-state index contributed by atoms with van der Waals surface area (Å²) in [6, 6.07) is 3.53. The maximum absolute atomic E-state index is 11.6. The van der Waals surface area contributed by atoms with Crippen LogP contribution in [0.3, 0.4) is 0 Å². The Morgan fingerprint density at radius 3 is 2.64 bits per heavy atom. The Balaban J connectivity index is 2.95. The van der Waals surface area contributed by atoms with E-state index in [0.29, 0.717) is 5.92 Å². The molecule has 78 valence electrons. The van der Waals surface area contributed by atoms with E-state index in [1.807, 2.05) is 17.6 Å². The molecule has 0 atom stereocenters. The van der Waals surface area contributed by atoms with Gasteiger partial charge < -0.3 is 4.57 Å². The fraction of sp³-hybridized carbons (Fsp3) is 0.545. The molecular weight excluding hydrogens is 289 g/mol. The molecular formula is C11H16INO. The van der Waals surface area contributed by atoms with E-state index < -0.39 is 0 Å². The van der Waals surface area contributed by atoms with E-state index in [4.69, 9.17) is 0 Å². The molecule has 0 aliphatic rings. The van der Waals surface area contributed by atoms with Crippen LogP contribution in [0.2, 0.25) is 0 Å². The molecule has 0 saturated carbocycles. The standard InChI is InChI=1S/C11H16INO/c1-8(2)6-7-13-9(3)10(12)4-5-11(13)14/h4-5,8H,6-7H2,1-3H3. The number of aromatic nitrogens is 1. The van der Waals surface area contributed by atoms with Gasteiger partial charge in [0.25, 0.3) is 5.56 Å². The molecule has 1 heterocycles. The second kappa shape index (κ2) is 4.96. The van der Waals surface area contributed by atoms with E-state index >= 15 is 0 Å². The minimum absolute atomic E-state index is 0.114. The average Bonchev–Trinajstić information content (AvgIpc) is 2.11. The van der Waals surface area contributed by atoms with E-state index in [1.165, 1.54) is 0 Å². The van der Waals surface area contributed by atoms with Crippen molar-refractivity contribution in [1.82, 2.24) is 4.57 Å². The largest absolute Gasteiger partial charge is 0.312 e. The Labute approximate surface area is 98.5 Å². The summed E-state index contributed by atoms with van der Waals surface area (Å²) in [6.07, 6.45) is 1.06. The van der Waals surface area contributed by atoms with Crippen LogP contribution >= 0.6 is 22.6 Å². The third kappa shape index (κ3) is 2.83. The highest BCUT2D eigenvalue weighted by Crippen LogP contribution is 2.09. The molecule has 0 aromatic carbocycles. The number of nitrogens with zero attached hydrogens (tertiary/aromatic N) is 1. The van der Waals surface area contributed by atoms with E-state index in [9.17, 15) is 4.79 Å². The van der Waals surface area contributed by atoms with Crippen molar-refractivity contribution in [3.8, 4) is 0 Å². The Morgan fingerprint density at radius 1 is 1.43 bits per heavy atom. The monoisotopic (exact) mass is 305 g/mol. The van der Waals surface area contributed by atoms with Crippen LogP contribution in [0, 0.1) is 16.4 Å². The number of halogens is 1. The Morgan fingerprint density at radius 2 is 2.07 bits per heavy atom. The molecule has 1 aromatic heterocycles. The molecule has 3 heteroatoms. The van der Waals surface area contributed by atoms with Crippen molar-refractivity contribution in [3.63, 3.8) is 0 Å². The SMILES string of the molecule is Cc1c(I)ccc(=O)n1CCC(C)C. The van der Waals surface area contributed by atoms with E-state index in [-0.39, 0.29) is 5.56 Å². The molecule has 0 spiro atoms. The van der Waals surface area contributed by atoms with Crippen LogP contribution in [0.5, 0.6) is 0 Å². The number of rotatable bonds is 3. The Kier molecular flexibility index (Phi) is 4.16. The fourth-order valence-corrected chi connectivity index (χ4v) is 1.79. The first-order valence-electron chi connectivity index (χ1n) is 4.88. The third-order valence-corrected chi connectivity index (χ3v) is 3.46. The van der Waals surface area contributed by atoms with Gasteiger partial charge in [0.15, 0.2) is 0 Å². The van der Waals surface area contributed by atoms with Gasteiger partial charge in [0.2, 0.25) is 0 Å². The van der Waals surface area contributed by atoms with Gasteiger partial charge in [0.1, 0.15) is 0 Å². The van der Waals surface area contributed by atoms with Gasteiger partial charge in [0, 0.05) is 21.9 Å². The van der Waals surface area contributed by atoms with Gasteiger partial charge in [-0.2, -0.15) is 0 Å². The lowest BCUT2D eigenvalue weighted by molar-refractivity contribution is 0.501. The number of hydrogen-bond donors (Lipinski definition) is 0. The van der Waals surface area contributed by atoms with Gasteiger partial charge in [-0.1, -0.05) is 13.8 Å². The minimum atomic E-state index is 0.114. The predicted octanol–water partition coefficient (Wildman–Crippen LogP) is 2.81. The third-order valence-electron chi connectivity index (χ3n) is 2.32. The van der Waals surface area contributed by atoms with Crippen LogP contribution in [0.25, 0.3) is 0 Å². The molecule has 0 amide bonds. The van der Waals surface area contributed by atoms with Crippen molar-refractivity contribution in [2.75, 3.05) is 0 Å². The molecule has 0 unspecified atom stereocenters. The topological polar surface area (TPSA) is 22.0 Å². The molecule has 0 bridgehead atoms. The summed E-state index contributed by atoms with van der Waals surface area (Å²) in [5.74, 6) is 0.638. The normalized spacial score (nSPS) is 10.9. The lowest BCUT2D eigenvalue weighted by Crippen LogP contribution is -2.22. The Bertz CT molecular complexity index is 368. The van der Waals surface area contributed by atoms with E-state index in [0.717, 1.165) is 22.2 Å². The zero-order chi connectivity index (χ0) is 10.7. The molecule has 0 fully saturated rings. The maximum atomic E-state index is 11.6. The molecule has 1 rings (SSSR count). The summed E-state index contributed by atoms with van der Waals surface area (Å²) in [5.41, 5.74) is 1.20. The van der Waals surface area contributed by atoms with Crippen molar-refractivity contribution in [2.45, 2.75) is 33.7 Å². The maximum Gasteiger partial charge on any atom is 0.250 e. The van der Waals surface area contributed by atoms with Gasteiger partial charge in [-0.15, -0.1) is 0 Å². The number of pyridine rings is 1. The van der Waals surface area contributed by atoms with Crippen LogP contribution in [-0.2, 0) is 6.54 Å². The van der Waals surface area contributed by atoms with Gasteiger partial charge in [-0.3, -0.25) is 4.79 Å². The zero-order valence-corrected chi connectivity index (χ0v) is 11.0. The quantitative estimate of drug-likeness (QED) is 0.787. The molecule has 2 nitrogen and oxygen atoms in total. The second-order valence-corrected chi connectivity index (χ2v) is 5.10. The highest BCUT2D eigenvalue weighted by molar-refractivity contribution is 14.1. The summed E-state index contributed by atoms with van der Waals surface area (Å²) in [6.45, 7) is 7.19. The molecule has 0 radical (unpaired) electrons. The first-order valence-corrected chi connectivity index (χ1v) is 5.96. The lowest BCUT2D eigenvalue weighted by atomic mass is 10.1. The van der Waals surface area contributed by atoms with Gasteiger partial charge >= 0.3 is 0 Å². The van der Waals surface area contributed by atoms with Crippen molar-refractivity contribution < 1.29 is 0 Å². The van der Waals surface area contributed by atoms with Crippen molar-refractivity contribution in [3.05, 3.63) is 31.8 Å². The summed E-state index contributed by atoms with van der Waals surface area (Å²) >= 11 is 2.26. The minimum Gasteiger partial charge on any atom is -0.312 e. The fourth-order valence-electron chi connectivity index (χ4n) is 1.31. The van der Waals surface area contributed by atoms with Crippen molar-refractivity contribution in [2.24, 2.45) is 5.92 Å².